The lowest BCUT2D eigenvalue weighted by atomic mass is 10.0. The van der Waals surface area contributed by atoms with E-state index in [2.05, 4.69) is 84.7 Å². The summed E-state index contributed by atoms with van der Waals surface area (Å²) in [6, 6.07) is 13.1. The highest BCUT2D eigenvalue weighted by Crippen LogP contribution is 2.30. The van der Waals surface area contributed by atoms with Crippen LogP contribution in [0.5, 0.6) is 0 Å². The minimum Gasteiger partial charge on any atom is -0.326 e. The first kappa shape index (κ1) is 15.5. The standard InChI is InChI=1S/C19H21IN2/c1-13-11-14(2)18(15(3)12-13)22-10-6-9-21-19(22)16-7-4-5-8-17(16)20/h4-5,7-8,11-12H,6,9-10H2,1-3H3. The average molecular weight is 404 g/mol. The van der Waals surface area contributed by atoms with Gasteiger partial charge in [0.15, 0.2) is 0 Å². The van der Waals surface area contributed by atoms with Crippen LogP contribution in [0.3, 0.4) is 0 Å². The third-order valence-electron chi connectivity index (χ3n) is 4.08. The van der Waals surface area contributed by atoms with Crippen molar-refractivity contribution in [2.45, 2.75) is 27.2 Å². The normalized spacial score (nSPS) is 14.9. The van der Waals surface area contributed by atoms with Gasteiger partial charge in [0.05, 0.1) is 0 Å². The van der Waals surface area contributed by atoms with Crippen molar-refractivity contribution in [1.82, 2.24) is 0 Å². The Morgan fingerprint density at radius 1 is 1.05 bits per heavy atom. The van der Waals surface area contributed by atoms with Crippen LogP contribution in [0.1, 0.15) is 28.7 Å². The molecular formula is C19H21IN2. The average Bonchev–Trinajstić information content (AvgIpc) is 2.47. The van der Waals surface area contributed by atoms with Crippen molar-refractivity contribution in [3.05, 3.63) is 62.2 Å². The van der Waals surface area contributed by atoms with E-state index in [1.807, 2.05) is 0 Å². The zero-order valence-corrected chi connectivity index (χ0v) is 15.5. The van der Waals surface area contributed by atoms with E-state index in [4.69, 9.17) is 4.99 Å². The Labute approximate surface area is 146 Å². The van der Waals surface area contributed by atoms with Gasteiger partial charge in [0.25, 0.3) is 0 Å². The first-order valence-corrected chi connectivity index (χ1v) is 8.80. The van der Waals surface area contributed by atoms with E-state index >= 15 is 0 Å². The lowest BCUT2D eigenvalue weighted by Crippen LogP contribution is -2.37. The number of hydrogen-bond acceptors (Lipinski definition) is 2. The third kappa shape index (κ3) is 2.91. The number of aliphatic imine (C=N–C) groups is 1. The van der Waals surface area contributed by atoms with E-state index in [0.29, 0.717) is 0 Å². The van der Waals surface area contributed by atoms with Crippen LogP contribution in [0.25, 0.3) is 0 Å². The second kappa shape index (κ2) is 6.41. The number of benzene rings is 2. The van der Waals surface area contributed by atoms with E-state index in [-0.39, 0.29) is 0 Å². The Morgan fingerprint density at radius 3 is 2.41 bits per heavy atom. The summed E-state index contributed by atoms with van der Waals surface area (Å²) in [6.07, 6.45) is 1.11. The summed E-state index contributed by atoms with van der Waals surface area (Å²) < 4.78 is 1.26. The largest absolute Gasteiger partial charge is 0.326 e. The van der Waals surface area contributed by atoms with Gasteiger partial charge in [0.1, 0.15) is 5.84 Å². The van der Waals surface area contributed by atoms with Crippen molar-refractivity contribution in [3.63, 3.8) is 0 Å². The summed E-state index contributed by atoms with van der Waals surface area (Å²) in [5.41, 5.74) is 6.55. The molecule has 0 aliphatic carbocycles. The summed E-state index contributed by atoms with van der Waals surface area (Å²) in [7, 11) is 0. The predicted octanol–water partition coefficient (Wildman–Crippen LogP) is 4.87. The number of nitrogens with zero attached hydrogens (tertiary/aromatic N) is 2. The van der Waals surface area contributed by atoms with Crippen molar-refractivity contribution in [2.75, 3.05) is 18.0 Å². The van der Waals surface area contributed by atoms with Gasteiger partial charge in [-0.15, -0.1) is 0 Å². The number of anilines is 1. The molecule has 0 spiro atoms. The summed E-state index contributed by atoms with van der Waals surface area (Å²) in [5.74, 6) is 1.12. The molecular weight excluding hydrogens is 383 g/mol. The SMILES string of the molecule is Cc1cc(C)c(N2CCCN=C2c2ccccc2I)c(C)c1. The molecule has 0 unspecified atom stereocenters. The zero-order chi connectivity index (χ0) is 15.7. The lowest BCUT2D eigenvalue weighted by molar-refractivity contribution is 0.787. The van der Waals surface area contributed by atoms with Gasteiger partial charge in [-0.25, -0.2) is 0 Å². The fourth-order valence-corrected chi connectivity index (χ4v) is 3.92. The third-order valence-corrected chi connectivity index (χ3v) is 5.02. The molecule has 1 heterocycles. The van der Waals surface area contributed by atoms with Crippen LogP contribution in [0, 0.1) is 24.3 Å². The van der Waals surface area contributed by atoms with Gasteiger partial charge in [0, 0.05) is 27.9 Å². The quantitative estimate of drug-likeness (QED) is 0.652. The van der Waals surface area contributed by atoms with Gasteiger partial charge >= 0.3 is 0 Å². The molecule has 2 nitrogen and oxygen atoms in total. The Morgan fingerprint density at radius 2 is 1.73 bits per heavy atom. The molecule has 1 aliphatic rings. The summed E-state index contributed by atoms with van der Waals surface area (Å²) in [4.78, 5) is 7.27. The van der Waals surface area contributed by atoms with E-state index in [1.54, 1.807) is 0 Å². The van der Waals surface area contributed by atoms with Crippen LogP contribution in [-0.2, 0) is 0 Å². The van der Waals surface area contributed by atoms with Gasteiger partial charge in [0.2, 0.25) is 0 Å². The topological polar surface area (TPSA) is 15.6 Å². The van der Waals surface area contributed by atoms with Gasteiger partial charge < -0.3 is 4.90 Å². The Bertz CT molecular complexity index is 711. The van der Waals surface area contributed by atoms with Gasteiger partial charge in [-0.3, -0.25) is 4.99 Å². The van der Waals surface area contributed by atoms with Crippen LogP contribution in [0.2, 0.25) is 0 Å². The van der Waals surface area contributed by atoms with E-state index < -0.39 is 0 Å². The predicted molar refractivity (Wildman–Crippen MR) is 103 cm³/mol. The molecule has 1 aliphatic heterocycles. The molecule has 3 heteroatoms. The summed E-state index contributed by atoms with van der Waals surface area (Å²) >= 11 is 2.41. The van der Waals surface area contributed by atoms with Crippen molar-refractivity contribution < 1.29 is 0 Å². The molecule has 0 fully saturated rings. The van der Waals surface area contributed by atoms with Crippen LogP contribution in [-0.4, -0.2) is 18.9 Å². The maximum atomic E-state index is 4.86. The number of amidine groups is 1. The number of rotatable bonds is 2. The Hall–Kier alpha value is -1.36. The minimum atomic E-state index is 0.917. The van der Waals surface area contributed by atoms with Crippen molar-refractivity contribution in [2.24, 2.45) is 4.99 Å². The fraction of sp³-hybridized carbons (Fsp3) is 0.316. The van der Waals surface area contributed by atoms with Crippen molar-refractivity contribution in [1.29, 1.82) is 0 Å². The zero-order valence-electron chi connectivity index (χ0n) is 13.4. The number of hydrogen-bond donors (Lipinski definition) is 0. The molecule has 3 rings (SSSR count). The van der Waals surface area contributed by atoms with Crippen LogP contribution in [0.15, 0.2) is 41.4 Å². The molecule has 2 aromatic rings. The molecule has 0 saturated carbocycles. The first-order valence-electron chi connectivity index (χ1n) is 7.72. The molecule has 0 saturated heterocycles. The van der Waals surface area contributed by atoms with Crippen LogP contribution >= 0.6 is 22.6 Å². The number of halogens is 1. The molecule has 2 aromatic carbocycles. The highest BCUT2D eigenvalue weighted by atomic mass is 127. The van der Waals surface area contributed by atoms with Crippen molar-refractivity contribution in [3.8, 4) is 0 Å². The highest BCUT2D eigenvalue weighted by molar-refractivity contribution is 14.1. The lowest BCUT2D eigenvalue weighted by Gasteiger charge is -2.32. The monoisotopic (exact) mass is 404 g/mol. The molecule has 0 bridgehead atoms. The Balaban J connectivity index is 2.12. The fourth-order valence-electron chi connectivity index (χ4n) is 3.29. The second-order valence-electron chi connectivity index (χ2n) is 5.94. The van der Waals surface area contributed by atoms with Crippen LogP contribution in [0.4, 0.5) is 5.69 Å². The molecule has 0 radical (unpaired) electrons. The number of aryl methyl sites for hydroxylation is 3. The smallest absolute Gasteiger partial charge is 0.136 e. The maximum absolute atomic E-state index is 4.86. The summed E-state index contributed by atoms with van der Waals surface area (Å²) in [5, 5.41) is 0. The Kier molecular flexibility index (Phi) is 4.52. The first-order chi connectivity index (χ1) is 10.6. The maximum Gasteiger partial charge on any atom is 0.136 e. The van der Waals surface area contributed by atoms with E-state index in [9.17, 15) is 0 Å². The van der Waals surface area contributed by atoms with E-state index in [1.165, 1.54) is 31.5 Å². The van der Waals surface area contributed by atoms with Gasteiger partial charge in [-0.1, -0.05) is 35.9 Å². The highest BCUT2D eigenvalue weighted by Gasteiger charge is 2.23. The molecule has 22 heavy (non-hydrogen) atoms. The molecule has 114 valence electrons. The van der Waals surface area contributed by atoms with Crippen LogP contribution < -0.4 is 4.90 Å². The van der Waals surface area contributed by atoms with Gasteiger partial charge in [-0.2, -0.15) is 0 Å². The second-order valence-corrected chi connectivity index (χ2v) is 7.10. The molecule has 0 atom stereocenters. The molecule has 0 aromatic heterocycles. The minimum absolute atomic E-state index is 0.917. The van der Waals surface area contributed by atoms with Gasteiger partial charge in [-0.05, 0) is 67.0 Å². The molecule has 0 amide bonds. The van der Waals surface area contributed by atoms with Crippen molar-refractivity contribution >= 4 is 34.1 Å². The molecule has 0 N–H and O–H groups in total. The van der Waals surface area contributed by atoms with E-state index in [0.717, 1.165) is 25.3 Å². The summed E-state index contributed by atoms with van der Waals surface area (Å²) in [6.45, 7) is 8.53.